The highest BCUT2D eigenvalue weighted by atomic mass is 35.5. The monoisotopic (exact) mass is 260 g/mol. The van der Waals surface area contributed by atoms with Gasteiger partial charge < -0.3 is 4.98 Å². The number of nitrogens with zero attached hydrogens (tertiary/aromatic N) is 1. The fraction of sp³-hybridized carbons (Fsp3) is 0. The lowest BCUT2D eigenvalue weighted by Gasteiger charge is -2.05. The highest BCUT2D eigenvalue weighted by molar-refractivity contribution is 7.71. The third-order valence-electron chi connectivity index (χ3n) is 2.71. The van der Waals surface area contributed by atoms with E-state index in [4.69, 9.17) is 23.8 Å². The Hall–Kier alpha value is -1.58. The van der Waals surface area contributed by atoms with Crippen LogP contribution in [0.2, 0.25) is 5.02 Å². The van der Waals surface area contributed by atoms with Crippen LogP contribution < -0.4 is 0 Å². The number of imidazole rings is 1. The average molecular weight is 261 g/mol. The van der Waals surface area contributed by atoms with E-state index in [9.17, 15) is 0 Å². The van der Waals surface area contributed by atoms with Crippen LogP contribution >= 0.6 is 23.8 Å². The van der Waals surface area contributed by atoms with Gasteiger partial charge in [-0.1, -0.05) is 41.9 Å². The molecule has 0 amide bonds. The lowest BCUT2D eigenvalue weighted by molar-refractivity contribution is 1.12. The van der Waals surface area contributed by atoms with E-state index in [2.05, 4.69) is 17.1 Å². The van der Waals surface area contributed by atoms with Gasteiger partial charge in [0, 0.05) is 18.0 Å². The van der Waals surface area contributed by atoms with Crippen molar-refractivity contribution in [2.75, 3.05) is 0 Å². The van der Waals surface area contributed by atoms with Gasteiger partial charge in [-0.05, 0) is 23.8 Å². The number of halogens is 1. The summed E-state index contributed by atoms with van der Waals surface area (Å²) in [5.74, 6) is 0. The summed E-state index contributed by atoms with van der Waals surface area (Å²) in [5.41, 5.74) is 3.23. The quantitative estimate of drug-likeness (QED) is 0.646. The van der Waals surface area contributed by atoms with Gasteiger partial charge in [-0.15, -0.1) is 0 Å². The zero-order valence-electron chi connectivity index (χ0n) is 8.85. The van der Waals surface area contributed by atoms with Crippen LogP contribution in [0.25, 0.3) is 16.6 Å². The van der Waals surface area contributed by atoms with E-state index in [1.165, 1.54) is 0 Å². The van der Waals surface area contributed by atoms with Gasteiger partial charge in [0.2, 0.25) is 0 Å². The summed E-state index contributed by atoms with van der Waals surface area (Å²) >= 11 is 11.3. The Kier molecular flexibility index (Phi) is 2.50. The van der Waals surface area contributed by atoms with Crippen LogP contribution in [-0.2, 0) is 0 Å². The SMILES string of the molecule is S=c1[nH]cc2c(-c3ccccc3)cc(Cl)cn12. The van der Waals surface area contributed by atoms with E-state index in [1.807, 2.05) is 41.1 Å². The largest absolute Gasteiger partial charge is 0.336 e. The van der Waals surface area contributed by atoms with E-state index in [-0.39, 0.29) is 0 Å². The minimum absolute atomic E-state index is 0.652. The molecule has 0 saturated heterocycles. The summed E-state index contributed by atoms with van der Waals surface area (Å²) in [6, 6.07) is 12.1. The van der Waals surface area contributed by atoms with Crippen molar-refractivity contribution in [3.05, 3.63) is 58.6 Å². The van der Waals surface area contributed by atoms with Gasteiger partial charge in [-0.2, -0.15) is 0 Å². The van der Waals surface area contributed by atoms with E-state index in [0.29, 0.717) is 9.79 Å². The van der Waals surface area contributed by atoms with Crippen molar-refractivity contribution in [1.29, 1.82) is 0 Å². The number of benzene rings is 1. The molecule has 4 heteroatoms. The van der Waals surface area contributed by atoms with Crippen molar-refractivity contribution in [3.63, 3.8) is 0 Å². The molecule has 2 heterocycles. The number of H-pyrrole nitrogens is 1. The molecular formula is C13H9ClN2S. The Bertz CT molecular complexity index is 728. The fourth-order valence-corrected chi connectivity index (χ4v) is 2.35. The summed E-state index contributed by atoms with van der Waals surface area (Å²) in [4.78, 5) is 3.03. The van der Waals surface area contributed by atoms with Crippen molar-refractivity contribution in [2.24, 2.45) is 0 Å². The minimum atomic E-state index is 0.652. The topological polar surface area (TPSA) is 20.2 Å². The zero-order valence-corrected chi connectivity index (χ0v) is 10.4. The lowest BCUT2D eigenvalue weighted by atomic mass is 10.1. The molecule has 17 heavy (non-hydrogen) atoms. The Balaban J connectivity index is 2.40. The number of fused-ring (bicyclic) bond motifs is 1. The number of nitrogens with one attached hydrogen (secondary N) is 1. The van der Waals surface area contributed by atoms with E-state index in [1.54, 1.807) is 0 Å². The number of aromatic nitrogens is 2. The minimum Gasteiger partial charge on any atom is -0.336 e. The first-order valence-electron chi connectivity index (χ1n) is 5.20. The molecule has 0 fully saturated rings. The lowest BCUT2D eigenvalue weighted by Crippen LogP contribution is -1.87. The Morgan fingerprint density at radius 2 is 1.94 bits per heavy atom. The molecule has 3 aromatic rings. The molecule has 0 aliphatic heterocycles. The number of pyridine rings is 1. The zero-order chi connectivity index (χ0) is 11.8. The second-order valence-corrected chi connectivity index (χ2v) is 4.61. The van der Waals surface area contributed by atoms with Gasteiger partial charge >= 0.3 is 0 Å². The first kappa shape index (κ1) is 10.6. The molecule has 0 atom stereocenters. The molecular weight excluding hydrogens is 252 g/mol. The number of hydrogen-bond acceptors (Lipinski definition) is 1. The molecule has 84 valence electrons. The molecule has 0 bridgehead atoms. The van der Waals surface area contributed by atoms with Gasteiger partial charge in [-0.25, -0.2) is 0 Å². The van der Waals surface area contributed by atoms with E-state index >= 15 is 0 Å². The third-order valence-corrected chi connectivity index (χ3v) is 3.23. The second kappa shape index (κ2) is 4.02. The van der Waals surface area contributed by atoms with Crippen LogP contribution in [-0.4, -0.2) is 9.38 Å². The predicted molar refractivity (Wildman–Crippen MR) is 73.0 cm³/mol. The predicted octanol–water partition coefficient (Wildman–Crippen LogP) is 4.32. The summed E-state index contributed by atoms with van der Waals surface area (Å²) in [5, 5.41) is 0.673. The van der Waals surface area contributed by atoms with Gasteiger partial charge in [0.15, 0.2) is 4.77 Å². The van der Waals surface area contributed by atoms with Gasteiger partial charge in [-0.3, -0.25) is 4.40 Å². The van der Waals surface area contributed by atoms with Crippen molar-refractivity contribution >= 4 is 29.3 Å². The maximum absolute atomic E-state index is 6.12. The smallest absolute Gasteiger partial charge is 0.181 e. The van der Waals surface area contributed by atoms with E-state index < -0.39 is 0 Å². The first-order valence-corrected chi connectivity index (χ1v) is 5.99. The second-order valence-electron chi connectivity index (χ2n) is 3.79. The molecule has 0 spiro atoms. The van der Waals surface area contributed by atoms with Crippen LogP contribution in [0.4, 0.5) is 0 Å². The van der Waals surface area contributed by atoms with Crippen molar-refractivity contribution in [1.82, 2.24) is 9.38 Å². The highest BCUT2D eigenvalue weighted by Gasteiger charge is 2.06. The average Bonchev–Trinajstić information content (AvgIpc) is 2.72. The molecule has 2 aromatic heterocycles. The third kappa shape index (κ3) is 1.77. The fourth-order valence-electron chi connectivity index (χ4n) is 1.94. The normalized spacial score (nSPS) is 10.9. The highest BCUT2D eigenvalue weighted by Crippen LogP contribution is 2.27. The van der Waals surface area contributed by atoms with Crippen LogP contribution in [0.15, 0.2) is 48.8 Å². The summed E-state index contributed by atoms with van der Waals surface area (Å²) in [6.45, 7) is 0. The molecule has 1 N–H and O–H groups in total. The molecule has 0 aliphatic carbocycles. The van der Waals surface area contributed by atoms with Crippen LogP contribution in [0.5, 0.6) is 0 Å². The maximum atomic E-state index is 6.12. The molecule has 2 nitrogen and oxygen atoms in total. The number of aromatic amines is 1. The van der Waals surface area contributed by atoms with Gasteiger partial charge in [0.05, 0.1) is 10.5 Å². The Labute approximate surface area is 108 Å². The number of hydrogen-bond donors (Lipinski definition) is 1. The Morgan fingerprint density at radius 3 is 2.71 bits per heavy atom. The van der Waals surface area contributed by atoms with Crippen LogP contribution in [0.3, 0.4) is 0 Å². The van der Waals surface area contributed by atoms with E-state index in [0.717, 1.165) is 16.6 Å². The maximum Gasteiger partial charge on any atom is 0.181 e. The molecule has 1 aromatic carbocycles. The molecule has 0 unspecified atom stereocenters. The number of rotatable bonds is 1. The standard InChI is InChI=1S/C13H9ClN2S/c14-10-6-11(9-4-2-1-3-5-9)12-7-15-13(17)16(12)8-10/h1-8H,(H,15,17). The summed E-state index contributed by atoms with van der Waals surface area (Å²) in [7, 11) is 0. The van der Waals surface area contributed by atoms with Crippen LogP contribution in [0.1, 0.15) is 0 Å². The van der Waals surface area contributed by atoms with Gasteiger partial charge in [0.1, 0.15) is 0 Å². The molecule has 0 aliphatic rings. The van der Waals surface area contributed by atoms with Crippen molar-refractivity contribution < 1.29 is 0 Å². The summed E-state index contributed by atoms with van der Waals surface area (Å²) < 4.78 is 2.54. The summed E-state index contributed by atoms with van der Waals surface area (Å²) in [6.07, 6.45) is 3.73. The molecule has 0 saturated carbocycles. The van der Waals surface area contributed by atoms with Gasteiger partial charge in [0.25, 0.3) is 0 Å². The Morgan fingerprint density at radius 1 is 1.18 bits per heavy atom. The van der Waals surface area contributed by atoms with Crippen molar-refractivity contribution in [3.8, 4) is 11.1 Å². The van der Waals surface area contributed by atoms with Crippen molar-refractivity contribution in [2.45, 2.75) is 0 Å². The molecule has 0 radical (unpaired) electrons. The first-order chi connectivity index (χ1) is 8.25. The molecule has 3 rings (SSSR count). The van der Waals surface area contributed by atoms with Crippen LogP contribution in [0, 0.1) is 4.77 Å².